The second-order valence-corrected chi connectivity index (χ2v) is 7.46. The Morgan fingerprint density at radius 3 is 2.22 bits per heavy atom. The third-order valence-corrected chi connectivity index (χ3v) is 4.66. The lowest BCUT2D eigenvalue weighted by Gasteiger charge is -2.25. The van der Waals surface area contributed by atoms with Gasteiger partial charge in [-0.05, 0) is 36.0 Å². The first-order valence-electron chi connectivity index (χ1n) is 8.44. The van der Waals surface area contributed by atoms with Crippen molar-refractivity contribution < 1.29 is 9.59 Å². The zero-order valence-electron chi connectivity index (χ0n) is 14.2. The molecule has 23 heavy (non-hydrogen) atoms. The molecule has 0 radical (unpaired) electrons. The van der Waals surface area contributed by atoms with Crippen LogP contribution in [-0.4, -0.2) is 46.7 Å². The Bertz CT molecular complexity index is 588. The highest BCUT2D eigenvalue weighted by Gasteiger charge is 2.36. The predicted octanol–water partition coefficient (Wildman–Crippen LogP) is 2.50. The average molecular weight is 315 g/mol. The molecular formula is C18H25N3O2. The maximum atomic E-state index is 12.2. The monoisotopic (exact) mass is 315 g/mol. The number of carbonyl (C=O) groups is 2. The van der Waals surface area contributed by atoms with Crippen LogP contribution < -0.4 is 0 Å². The highest BCUT2D eigenvalue weighted by molar-refractivity contribution is 6.03. The summed E-state index contributed by atoms with van der Waals surface area (Å²) in [5, 5.41) is 0. The number of likely N-dealkylation sites (tertiary alicyclic amines) is 2. The van der Waals surface area contributed by atoms with E-state index in [0.29, 0.717) is 12.8 Å². The van der Waals surface area contributed by atoms with Crippen LogP contribution in [0.5, 0.6) is 0 Å². The van der Waals surface area contributed by atoms with E-state index < -0.39 is 6.17 Å². The number of hydrogen-bond donors (Lipinski definition) is 0. The van der Waals surface area contributed by atoms with Crippen LogP contribution in [-0.2, 0) is 9.59 Å². The summed E-state index contributed by atoms with van der Waals surface area (Å²) in [7, 11) is 0. The lowest BCUT2D eigenvalue weighted by Crippen LogP contribution is -2.39. The molecule has 2 amide bonds. The Morgan fingerprint density at radius 1 is 1.04 bits per heavy atom. The number of allylic oxidation sites excluding steroid dienone is 2. The maximum Gasteiger partial charge on any atom is 0.231 e. The summed E-state index contributed by atoms with van der Waals surface area (Å²) in [4.78, 5) is 32.7. The van der Waals surface area contributed by atoms with Crippen molar-refractivity contribution in [2.75, 3.05) is 13.1 Å². The normalized spacial score (nSPS) is 25.8. The molecule has 5 nitrogen and oxygen atoms in total. The van der Waals surface area contributed by atoms with Crippen LogP contribution >= 0.6 is 0 Å². The molecule has 3 heterocycles. The minimum atomic E-state index is -0.516. The van der Waals surface area contributed by atoms with Crippen LogP contribution in [0.2, 0.25) is 0 Å². The van der Waals surface area contributed by atoms with Gasteiger partial charge in [0.25, 0.3) is 0 Å². The fourth-order valence-electron chi connectivity index (χ4n) is 3.25. The van der Waals surface area contributed by atoms with Crippen LogP contribution in [0.1, 0.15) is 46.5 Å². The number of hydrogen-bond acceptors (Lipinski definition) is 4. The van der Waals surface area contributed by atoms with E-state index in [2.05, 4.69) is 31.7 Å². The molecule has 5 heteroatoms. The molecule has 3 aliphatic heterocycles. The van der Waals surface area contributed by atoms with Gasteiger partial charge in [-0.3, -0.25) is 14.5 Å². The first-order valence-corrected chi connectivity index (χ1v) is 8.44. The lowest BCUT2D eigenvalue weighted by atomic mass is 9.85. The van der Waals surface area contributed by atoms with Gasteiger partial charge in [-0.25, -0.2) is 4.99 Å². The van der Waals surface area contributed by atoms with E-state index in [-0.39, 0.29) is 17.2 Å². The molecule has 0 spiro atoms. The van der Waals surface area contributed by atoms with Crippen molar-refractivity contribution in [3.8, 4) is 0 Å². The van der Waals surface area contributed by atoms with Gasteiger partial charge in [-0.2, -0.15) is 0 Å². The molecule has 3 aliphatic rings. The molecule has 1 atom stereocenters. The van der Waals surface area contributed by atoms with Crippen molar-refractivity contribution in [2.24, 2.45) is 10.4 Å². The molecule has 2 fully saturated rings. The molecule has 0 saturated carbocycles. The Kier molecular flexibility index (Phi) is 4.13. The van der Waals surface area contributed by atoms with Crippen LogP contribution in [0.25, 0.3) is 0 Å². The molecule has 0 aromatic heterocycles. The molecule has 1 unspecified atom stereocenters. The van der Waals surface area contributed by atoms with Gasteiger partial charge >= 0.3 is 0 Å². The number of aliphatic imine (C=N–C) groups is 1. The van der Waals surface area contributed by atoms with Gasteiger partial charge in [0.05, 0.1) is 0 Å². The van der Waals surface area contributed by atoms with Gasteiger partial charge in [-0.1, -0.05) is 26.8 Å². The van der Waals surface area contributed by atoms with E-state index >= 15 is 0 Å². The molecule has 0 N–H and O–H groups in total. The fourth-order valence-corrected chi connectivity index (χ4v) is 3.25. The number of nitrogens with zero attached hydrogens (tertiary/aromatic N) is 3. The third-order valence-electron chi connectivity index (χ3n) is 4.66. The van der Waals surface area contributed by atoms with E-state index in [4.69, 9.17) is 4.99 Å². The van der Waals surface area contributed by atoms with Crippen LogP contribution in [0.4, 0.5) is 0 Å². The number of rotatable bonds is 1. The first-order chi connectivity index (χ1) is 10.9. The SMILES string of the molecule is CC(C)(C)C1=CC(N2C(=O)CCC2=O)N=C(N2CCCC2)C=C1. The lowest BCUT2D eigenvalue weighted by molar-refractivity contribution is -0.139. The number of amidine groups is 1. The molecule has 2 saturated heterocycles. The van der Waals surface area contributed by atoms with Crippen LogP contribution in [0, 0.1) is 5.41 Å². The minimum absolute atomic E-state index is 0.0590. The van der Waals surface area contributed by atoms with Crippen LogP contribution in [0.15, 0.2) is 28.8 Å². The summed E-state index contributed by atoms with van der Waals surface area (Å²) in [5.41, 5.74) is 1.05. The second-order valence-electron chi connectivity index (χ2n) is 7.46. The third kappa shape index (κ3) is 3.23. The molecular weight excluding hydrogens is 290 g/mol. The summed E-state index contributed by atoms with van der Waals surface area (Å²) < 4.78 is 0. The smallest absolute Gasteiger partial charge is 0.231 e. The summed E-state index contributed by atoms with van der Waals surface area (Å²) in [5.74, 6) is 0.655. The Balaban J connectivity index is 1.98. The van der Waals surface area contributed by atoms with Gasteiger partial charge in [0.1, 0.15) is 5.84 Å². The maximum absolute atomic E-state index is 12.2. The van der Waals surface area contributed by atoms with Gasteiger partial charge < -0.3 is 4.90 Å². The Labute approximate surface area is 137 Å². The zero-order valence-corrected chi connectivity index (χ0v) is 14.2. The molecule has 0 aliphatic carbocycles. The highest BCUT2D eigenvalue weighted by Crippen LogP contribution is 2.30. The molecule has 0 aromatic carbocycles. The van der Waals surface area contributed by atoms with E-state index in [0.717, 1.165) is 24.5 Å². The Hall–Kier alpha value is -1.91. The van der Waals surface area contributed by atoms with Gasteiger partial charge in [-0.15, -0.1) is 0 Å². The second kappa shape index (κ2) is 5.95. The topological polar surface area (TPSA) is 53.0 Å². The summed E-state index contributed by atoms with van der Waals surface area (Å²) in [6.45, 7) is 8.38. The van der Waals surface area contributed by atoms with E-state index in [9.17, 15) is 9.59 Å². The van der Waals surface area contributed by atoms with E-state index in [1.165, 1.54) is 17.7 Å². The highest BCUT2D eigenvalue weighted by atomic mass is 16.2. The van der Waals surface area contributed by atoms with Crippen molar-refractivity contribution in [3.63, 3.8) is 0 Å². The van der Waals surface area contributed by atoms with Crippen molar-refractivity contribution >= 4 is 17.6 Å². The number of amides is 2. The largest absolute Gasteiger partial charge is 0.357 e. The van der Waals surface area contributed by atoms with E-state index in [1.54, 1.807) is 0 Å². The van der Waals surface area contributed by atoms with Crippen molar-refractivity contribution in [2.45, 2.75) is 52.6 Å². The predicted molar refractivity (Wildman–Crippen MR) is 89.8 cm³/mol. The zero-order chi connectivity index (χ0) is 16.6. The standard InChI is InChI=1S/C18H25N3O2/c1-18(2,3)13-6-7-14(20-10-4-5-11-20)19-15(12-13)21-16(22)8-9-17(21)23/h6-7,12,15H,4-5,8-11H2,1-3H3. The van der Waals surface area contributed by atoms with E-state index in [1.807, 2.05) is 12.2 Å². The van der Waals surface area contributed by atoms with Crippen LogP contribution in [0.3, 0.4) is 0 Å². The van der Waals surface area contributed by atoms with Crippen molar-refractivity contribution in [1.29, 1.82) is 0 Å². The van der Waals surface area contributed by atoms with Gasteiger partial charge in [0, 0.05) is 25.9 Å². The van der Waals surface area contributed by atoms with Crippen molar-refractivity contribution in [3.05, 3.63) is 23.8 Å². The molecule has 0 aromatic rings. The minimum Gasteiger partial charge on any atom is -0.357 e. The first kappa shape index (κ1) is 16.0. The quantitative estimate of drug-likeness (QED) is 0.699. The summed E-state index contributed by atoms with van der Waals surface area (Å²) in [6, 6.07) is 0. The molecule has 3 rings (SSSR count). The van der Waals surface area contributed by atoms with Crippen molar-refractivity contribution in [1.82, 2.24) is 9.80 Å². The fraction of sp³-hybridized carbons (Fsp3) is 0.611. The molecule has 0 bridgehead atoms. The van der Waals surface area contributed by atoms with Gasteiger partial charge in [0.2, 0.25) is 11.8 Å². The number of carbonyl (C=O) groups excluding carboxylic acids is 2. The Morgan fingerprint density at radius 2 is 1.65 bits per heavy atom. The summed E-state index contributed by atoms with van der Waals surface area (Å²) in [6.07, 6.45) is 8.51. The molecule has 124 valence electrons. The average Bonchev–Trinajstić information content (AvgIpc) is 3.04. The number of imide groups is 1. The summed E-state index contributed by atoms with van der Waals surface area (Å²) >= 11 is 0. The van der Waals surface area contributed by atoms with Gasteiger partial charge in [0.15, 0.2) is 6.17 Å².